The van der Waals surface area contributed by atoms with Crippen molar-refractivity contribution in [1.29, 1.82) is 0 Å². The number of carboxylic acid groups (broad SMARTS) is 1. The Labute approximate surface area is 100 Å². The Balaban J connectivity index is 2.90. The van der Waals surface area contributed by atoms with Gasteiger partial charge in [-0.3, -0.25) is 4.79 Å². The number of hydrogen-bond acceptors (Lipinski definition) is 2. The molecule has 0 radical (unpaired) electrons. The second kappa shape index (κ2) is 5.66. The van der Waals surface area contributed by atoms with Crippen molar-refractivity contribution in [3.8, 4) is 5.75 Å². The van der Waals surface area contributed by atoms with Crippen molar-refractivity contribution in [2.24, 2.45) is 11.8 Å². The molecule has 0 aliphatic carbocycles. The van der Waals surface area contributed by atoms with Gasteiger partial charge in [0, 0.05) is 6.07 Å². The fraction of sp³-hybridized carbons (Fsp3) is 0.462. The largest absolute Gasteiger partial charge is 0.497 e. The molecule has 0 aliphatic heterocycles. The molecule has 1 N–H and O–H groups in total. The van der Waals surface area contributed by atoms with Crippen molar-refractivity contribution >= 4 is 5.97 Å². The molecular formula is C13H17FO3. The zero-order valence-corrected chi connectivity index (χ0v) is 10.2. The van der Waals surface area contributed by atoms with E-state index in [-0.39, 0.29) is 12.3 Å². The van der Waals surface area contributed by atoms with Crippen molar-refractivity contribution < 1.29 is 19.0 Å². The number of methoxy groups -OCH3 is 1. The van der Waals surface area contributed by atoms with Gasteiger partial charge in [-0.05, 0) is 24.0 Å². The monoisotopic (exact) mass is 240 g/mol. The Hall–Kier alpha value is -1.58. The molecular weight excluding hydrogens is 223 g/mol. The summed E-state index contributed by atoms with van der Waals surface area (Å²) in [5.41, 5.74) is 0.409. The summed E-state index contributed by atoms with van der Waals surface area (Å²) in [5.74, 6) is -1.49. The molecule has 0 fully saturated rings. The van der Waals surface area contributed by atoms with Gasteiger partial charge in [0.25, 0.3) is 0 Å². The van der Waals surface area contributed by atoms with E-state index in [4.69, 9.17) is 9.84 Å². The van der Waals surface area contributed by atoms with E-state index >= 15 is 0 Å². The van der Waals surface area contributed by atoms with E-state index in [9.17, 15) is 9.18 Å². The minimum Gasteiger partial charge on any atom is -0.497 e. The van der Waals surface area contributed by atoms with E-state index in [1.807, 2.05) is 13.8 Å². The van der Waals surface area contributed by atoms with Crippen LogP contribution in [0.1, 0.15) is 19.4 Å². The molecule has 1 unspecified atom stereocenters. The molecule has 0 saturated carbocycles. The van der Waals surface area contributed by atoms with Crippen LogP contribution in [0.2, 0.25) is 0 Å². The number of aliphatic carboxylic acids is 1. The second-order valence-corrected chi connectivity index (χ2v) is 4.35. The van der Waals surface area contributed by atoms with E-state index in [0.717, 1.165) is 0 Å². The topological polar surface area (TPSA) is 46.5 Å². The lowest BCUT2D eigenvalue weighted by Crippen LogP contribution is -2.22. The first kappa shape index (κ1) is 13.5. The smallest absolute Gasteiger partial charge is 0.307 e. The molecule has 0 saturated heterocycles. The lowest BCUT2D eigenvalue weighted by atomic mass is 9.89. The minimum atomic E-state index is -0.893. The van der Waals surface area contributed by atoms with E-state index in [2.05, 4.69) is 0 Å². The summed E-state index contributed by atoms with van der Waals surface area (Å²) in [6.45, 7) is 3.64. The number of carbonyl (C=O) groups is 1. The number of rotatable bonds is 5. The molecule has 17 heavy (non-hydrogen) atoms. The summed E-state index contributed by atoms with van der Waals surface area (Å²) < 4.78 is 18.5. The highest BCUT2D eigenvalue weighted by Gasteiger charge is 2.23. The number of halogens is 1. The van der Waals surface area contributed by atoms with Crippen LogP contribution in [0.25, 0.3) is 0 Å². The second-order valence-electron chi connectivity index (χ2n) is 4.35. The van der Waals surface area contributed by atoms with Gasteiger partial charge in [-0.2, -0.15) is 0 Å². The van der Waals surface area contributed by atoms with E-state index < -0.39 is 17.7 Å². The van der Waals surface area contributed by atoms with Crippen molar-refractivity contribution in [3.05, 3.63) is 29.6 Å². The zero-order valence-electron chi connectivity index (χ0n) is 10.2. The van der Waals surface area contributed by atoms with E-state index in [0.29, 0.717) is 11.3 Å². The Morgan fingerprint density at radius 1 is 1.47 bits per heavy atom. The fourth-order valence-corrected chi connectivity index (χ4v) is 1.67. The maximum Gasteiger partial charge on any atom is 0.307 e. The van der Waals surface area contributed by atoms with Crippen LogP contribution in [0.15, 0.2) is 18.2 Å². The van der Waals surface area contributed by atoms with Gasteiger partial charge < -0.3 is 9.84 Å². The average Bonchev–Trinajstić information content (AvgIpc) is 2.26. The van der Waals surface area contributed by atoms with Gasteiger partial charge in [0.1, 0.15) is 11.6 Å². The molecule has 0 bridgehead atoms. The predicted molar refractivity (Wildman–Crippen MR) is 62.6 cm³/mol. The molecule has 3 nitrogen and oxygen atoms in total. The van der Waals surface area contributed by atoms with Crippen molar-refractivity contribution in [1.82, 2.24) is 0 Å². The van der Waals surface area contributed by atoms with Crippen LogP contribution in [0.4, 0.5) is 4.39 Å². The molecule has 0 aromatic heterocycles. The van der Waals surface area contributed by atoms with Crippen LogP contribution < -0.4 is 4.74 Å². The van der Waals surface area contributed by atoms with Gasteiger partial charge in [0.15, 0.2) is 0 Å². The maximum atomic E-state index is 13.7. The summed E-state index contributed by atoms with van der Waals surface area (Å²) >= 11 is 0. The lowest BCUT2D eigenvalue weighted by Gasteiger charge is -2.16. The maximum absolute atomic E-state index is 13.7. The van der Waals surface area contributed by atoms with Crippen LogP contribution in [0, 0.1) is 17.7 Å². The van der Waals surface area contributed by atoms with Crippen molar-refractivity contribution in [2.45, 2.75) is 20.3 Å². The summed E-state index contributed by atoms with van der Waals surface area (Å²) in [7, 11) is 1.46. The standard InChI is InChI=1S/C13H17FO3/c1-8(2)11(13(15)16)6-9-4-5-10(17-3)7-12(9)14/h4-5,7-8,11H,6H2,1-3H3,(H,15,16). The third-order valence-electron chi connectivity index (χ3n) is 2.82. The molecule has 1 aromatic carbocycles. The third kappa shape index (κ3) is 3.44. The normalized spacial score (nSPS) is 12.5. The molecule has 0 aliphatic rings. The van der Waals surface area contributed by atoms with Crippen LogP contribution in [0.3, 0.4) is 0 Å². The third-order valence-corrected chi connectivity index (χ3v) is 2.82. The summed E-state index contributed by atoms with van der Waals surface area (Å²) in [5, 5.41) is 9.05. The van der Waals surface area contributed by atoms with Crippen LogP contribution in [-0.2, 0) is 11.2 Å². The molecule has 1 rings (SSSR count). The highest BCUT2D eigenvalue weighted by molar-refractivity contribution is 5.70. The first-order chi connectivity index (χ1) is 7.95. The highest BCUT2D eigenvalue weighted by Crippen LogP contribution is 2.22. The van der Waals surface area contributed by atoms with Gasteiger partial charge in [0.05, 0.1) is 13.0 Å². The molecule has 1 aromatic rings. The van der Waals surface area contributed by atoms with Gasteiger partial charge in [-0.1, -0.05) is 19.9 Å². The number of carboxylic acids is 1. The molecule has 0 heterocycles. The molecule has 4 heteroatoms. The van der Waals surface area contributed by atoms with Crippen molar-refractivity contribution in [3.63, 3.8) is 0 Å². The molecule has 0 amide bonds. The highest BCUT2D eigenvalue weighted by atomic mass is 19.1. The zero-order chi connectivity index (χ0) is 13.0. The molecule has 0 spiro atoms. The molecule has 94 valence electrons. The number of hydrogen-bond donors (Lipinski definition) is 1. The number of ether oxygens (including phenoxy) is 1. The van der Waals surface area contributed by atoms with Gasteiger partial charge in [-0.15, -0.1) is 0 Å². The quantitative estimate of drug-likeness (QED) is 0.860. The number of benzene rings is 1. The minimum absolute atomic E-state index is 0.0333. The lowest BCUT2D eigenvalue weighted by molar-refractivity contribution is -0.143. The Morgan fingerprint density at radius 2 is 2.12 bits per heavy atom. The fourth-order valence-electron chi connectivity index (χ4n) is 1.67. The van der Waals surface area contributed by atoms with Gasteiger partial charge >= 0.3 is 5.97 Å². The van der Waals surface area contributed by atoms with E-state index in [1.54, 1.807) is 12.1 Å². The Kier molecular flexibility index (Phi) is 4.49. The predicted octanol–water partition coefficient (Wildman–Crippen LogP) is 2.73. The van der Waals surface area contributed by atoms with E-state index in [1.165, 1.54) is 13.2 Å². The SMILES string of the molecule is COc1ccc(CC(C(=O)O)C(C)C)c(F)c1. The van der Waals surface area contributed by atoms with Gasteiger partial charge in [-0.25, -0.2) is 4.39 Å². The van der Waals surface area contributed by atoms with Crippen molar-refractivity contribution in [2.75, 3.05) is 7.11 Å². The first-order valence-electron chi connectivity index (χ1n) is 5.51. The Morgan fingerprint density at radius 3 is 2.53 bits per heavy atom. The average molecular weight is 240 g/mol. The van der Waals surface area contributed by atoms with Crippen LogP contribution in [-0.4, -0.2) is 18.2 Å². The van der Waals surface area contributed by atoms with Crippen LogP contribution in [0.5, 0.6) is 5.75 Å². The summed E-state index contributed by atoms with van der Waals surface area (Å²) in [4.78, 5) is 11.0. The van der Waals surface area contributed by atoms with Gasteiger partial charge in [0.2, 0.25) is 0 Å². The summed E-state index contributed by atoms with van der Waals surface area (Å²) in [6, 6.07) is 4.48. The first-order valence-corrected chi connectivity index (χ1v) is 5.51. The molecule has 1 atom stereocenters. The Bertz CT molecular complexity index is 402. The summed E-state index contributed by atoms with van der Waals surface area (Å²) in [6.07, 6.45) is 0.197. The van der Waals surface area contributed by atoms with Crippen LogP contribution >= 0.6 is 0 Å².